The number of oxime groups is 1. The molecule has 6 heteroatoms. The fourth-order valence-corrected chi connectivity index (χ4v) is 4.83. The molecule has 2 aliphatic rings. The first-order valence-electron chi connectivity index (χ1n) is 8.64. The van der Waals surface area contributed by atoms with Crippen molar-refractivity contribution in [2.45, 2.75) is 56.4 Å². The summed E-state index contributed by atoms with van der Waals surface area (Å²) in [4.78, 5) is 18.0. The SMILES string of the molecule is CC[S@](=O)[C@@H]1CCCC[C@H]1NC(=O)C1=NO[C@H](c2ccccc2)C1. The van der Waals surface area contributed by atoms with Crippen LogP contribution in [0.25, 0.3) is 0 Å². The van der Waals surface area contributed by atoms with E-state index in [2.05, 4.69) is 10.5 Å². The van der Waals surface area contributed by atoms with E-state index in [1.807, 2.05) is 37.3 Å². The second-order valence-electron chi connectivity index (χ2n) is 6.32. The van der Waals surface area contributed by atoms with Gasteiger partial charge >= 0.3 is 0 Å². The Morgan fingerprint density at radius 1 is 1.29 bits per heavy atom. The molecule has 130 valence electrons. The standard InChI is InChI=1S/C18H24N2O3S/c1-2-24(22)17-11-7-6-10-14(17)19-18(21)15-12-16(23-20-15)13-8-4-3-5-9-13/h3-5,8-9,14,16-17H,2,6-7,10-12H2,1H3,(H,19,21)/t14-,16+,17-,24+/m1/s1. The fraction of sp³-hybridized carbons (Fsp3) is 0.556. The first-order valence-corrected chi connectivity index (χ1v) is 10.0. The van der Waals surface area contributed by atoms with Crippen LogP contribution in [-0.2, 0) is 20.4 Å². The molecule has 0 unspecified atom stereocenters. The Kier molecular flexibility index (Phi) is 5.66. The van der Waals surface area contributed by atoms with Crippen LogP contribution in [0.5, 0.6) is 0 Å². The molecule has 1 fully saturated rings. The van der Waals surface area contributed by atoms with E-state index >= 15 is 0 Å². The number of hydrogen-bond acceptors (Lipinski definition) is 4. The third kappa shape index (κ3) is 3.86. The van der Waals surface area contributed by atoms with Crippen LogP contribution in [0, 0.1) is 0 Å². The van der Waals surface area contributed by atoms with Crippen molar-refractivity contribution in [1.29, 1.82) is 0 Å². The zero-order chi connectivity index (χ0) is 16.9. The van der Waals surface area contributed by atoms with Crippen LogP contribution in [0.1, 0.15) is 50.7 Å². The maximum absolute atomic E-state index is 12.5. The van der Waals surface area contributed by atoms with E-state index in [0.29, 0.717) is 17.9 Å². The first kappa shape index (κ1) is 17.1. The number of amides is 1. The van der Waals surface area contributed by atoms with Gasteiger partial charge in [-0.15, -0.1) is 0 Å². The van der Waals surface area contributed by atoms with Crippen molar-refractivity contribution in [3.8, 4) is 0 Å². The summed E-state index contributed by atoms with van der Waals surface area (Å²) < 4.78 is 12.2. The lowest BCUT2D eigenvalue weighted by atomic mass is 9.94. The van der Waals surface area contributed by atoms with E-state index in [9.17, 15) is 9.00 Å². The minimum Gasteiger partial charge on any atom is -0.387 e. The Labute approximate surface area is 145 Å². The number of rotatable bonds is 5. The second-order valence-corrected chi connectivity index (χ2v) is 8.26. The summed E-state index contributed by atoms with van der Waals surface area (Å²) in [6.07, 6.45) is 4.24. The molecule has 1 aliphatic heterocycles. The van der Waals surface area contributed by atoms with Gasteiger partial charge in [0.25, 0.3) is 5.91 Å². The van der Waals surface area contributed by atoms with Crippen LogP contribution in [0.15, 0.2) is 35.5 Å². The van der Waals surface area contributed by atoms with E-state index in [4.69, 9.17) is 4.84 Å². The molecule has 1 aliphatic carbocycles. The number of nitrogens with one attached hydrogen (secondary N) is 1. The van der Waals surface area contributed by atoms with Gasteiger partial charge in [-0.2, -0.15) is 0 Å². The topological polar surface area (TPSA) is 67.8 Å². The highest BCUT2D eigenvalue weighted by molar-refractivity contribution is 7.85. The highest BCUT2D eigenvalue weighted by Crippen LogP contribution is 2.28. The molecule has 0 saturated heterocycles. The predicted octanol–water partition coefficient (Wildman–Crippen LogP) is 2.70. The molecule has 0 aromatic heterocycles. The molecule has 1 aromatic rings. The molecule has 1 N–H and O–H groups in total. The quantitative estimate of drug-likeness (QED) is 0.889. The summed E-state index contributed by atoms with van der Waals surface area (Å²) in [5.74, 6) is 0.454. The van der Waals surface area contributed by atoms with Gasteiger partial charge in [0.15, 0.2) is 6.10 Å². The Morgan fingerprint density at radius 3 is 2.79 bits per heavy atom. The smallest absolute Gasteiger partial charge is 0.269 e. The average Bonchev–Trinajstić information content (AvgIpc) is 3.12. The zero-order valence-corrected chi connectivity index (χ0v) is 14.8. The van der Waals surface area contributed by atoms with Gasteiger partial charge in [-0.25, -0.2) is 0 Å². The lowest BCUT2D eigenvalue weighted by Gasteiger charge is -2.31. The van der Waals surface area contributed by atoms with Crippen molar-refractivity contribution < 1.29 is 13.8 Å². The van der Waals surface area contributed by atoms with Crippen LogP contribution in [-0.4, -0.2) is 32.9 Å². The van der Waals surface area contributed by atoms with Crippen LogP contribution in [0.2, 0.25) is 0 Å². The third-order valence-corrected chi connectivity index (χ3v) is 6.55. The summed E-state index contributed by atoms with van der Waals surface area (Å²) >= 11 is 0. The van der Waals surface area contributed by atoms with Crippen LogP contribution >= 0.6 is 0 Å². The van der Waals surface area contributed by atoms with Crippen LogP contribution in [0.3, 0.4) is 0 Å². The summed E-state index contributed by atoms with van der Waals surface area (Å²) in [5.41, 5.74) is 1.45. The Bertz CT molecular complexity index is 632. The maximum atomic E-state index is 12.5. The van der Waals surface area contributed by atoms with Crippen molar-refractivity contribution in [3.05, 3.63) is 35.9 Å². The van der Waals surface area contributed by atoms with E-state index in [0.717, 1.165) is 31.2 Å². The van der Waals surface area contributed by atoms with Gasteiger partial charge in [-0.05, 0) is 18.4 Å². The predicted molar refractivity (Wildman–Crippen MR) is 95.2 cm³/mol. The van der Waals surface area contributed by atoms with Crippen LogP contribution < -0.4 is 5.32 Å². The van der Waals surface area contributed by atoms with Gasteiger partial charge in [-0.3, -0.25) is 9.00 Å². The van der Waals surface area contributed by atoms with Gasteiger partial charge < -0.3 is 10.2 Å². The molecule has 1 aromatic carbocycles. The Morgan fingerprint density at radius 2 is 2.04 bits per heavy atom. The number of benzene rings is 1. The largest absolute Gasteiger partial charge is 0.387 e. The highest BCUT2D eigenvalue weighted by Gasteiger charge is 2.33. The number of carbonyl (C=O) groups is 1. The minimum atomic E-state index is -0.884. The molecule has 4 atom stereocenters. The second kappa shape index (κ2) is 7.92. The first-order chi connectivity index (χ1) is 11.7. The number of hydrogen-bond donors (Lipinski definition) is 1. The molecule has 0 bridgehead atoms. The van der Waals surface area contributed by atoms with Crippen molar-refractivity contribution >= 4 is 22.4 Å². The number of carbonyl (C=O) groups excluding carboxylic acids is 1. The van der Waals surface area contributed by atoms with Crippen molar-refractivity contribution in [1.82, 2.24) is 5.32 Å². The summed E-state index contributed by atoms with van der Waals surface area (Å²) in [6, 6.07) is 9.77. The van der Waals surface area contributed by atoms with Gasteiger partial charge in [0.2, 0.25) is 0 Å². The van der Waals surface area contributed by atoms with Crippen molar-refractivity contribution in [3.63, 3.8) is 0 Å². The molecular weight excluding hydrogens is 324 g/mol. The molecule has 0 spiro atoms. The summed E-state index contributed by atoms with van der Waals surface area (Å²) in [6.45, 7) is 1.93. The summed E-state index contributed by atoms with van der Waals surface area (Å²) in [7, 11) is -0.884. The van der Waals surface area contributed by atoms with E-state index < -0.39 is 10.8 Å². The molecule has 24 heavy (non-hydrogen) atoms. The van der Waals surface area contributed by atoms with Crippen LogP contribution in [0.4, 0.5) is 0 Å². The van der Waals surface area contributed by atoms with Crippen molar-refractivity contribution in [2.24, 2.45) is 5.16 Å². The Balaban J connectivity index is 1.60. The molecule has 1 amide bonds. The molecule has 1 heterocycles. The van der Waals surface area contributed by atoms with E-state index in [1.54, 1.807) is 0 Å². The average molecular weight is 348 g/mol. The molecular formula is C18H24N2O3S. The number of nitrogens with zero attached hydrogens (tertiary/aromatic N) is 1. The minimum absolute atomic E-state index is 0.0227. The van der Waals surface area contributed by atoms with Gasteiger partial charge in [0, 0.05) is 29.0 Å². The molecule has 1 saturated carbocycles. The normalized spacial score (nSPS) is 27.9. The van der Waals surface area contributed by atoms with Crippen molar-refractivity contribution in [2.75, 3.05) is 5.75 Å². The van der Waals surface area contributed by atoms with Gasteiger partial charge in [0.1, 0.15) is 5.71 Å². The van der Waals surface area contributed by atoms with E-state index in [-0.39, 0.29) is 23.3 Å². The zero-order valence-electron chi connectivity index (χ0n) is 13.9. The van der Waals surface area contributed by atoms with Gasteiger partial charge in [-0.1, -0.05) is 55.3 Å². The molecule has 3 rings (SSSR count). The lowest BCUT2D eigenvalue weighted by Crippen LogP contribution is -2.49. The molecule has 0 radical (unpaired) electrons. The lowest BCUT2D eigenvalue weighted by molar-refractivity contribution is -0.115. The third-order valence-electron chi connectivity index (χ3n) is 4.74. The monoisotopic (exact) mass is 348 g/mol. The fourth-order valence-electron chi connectivity index (χ4n) is 3.40. The highest BCUT2D eigenvalue weighted by atomic mass is 32.2. The Hall–Kier alpha value is -1.69. The summed E-state index contributed by atoms with van der Waals surface area (Å²) in [5, 5.41) is 7.09. The van der Waals surface area contributed by atoms with E-state index in [1.165, 1.54) is 0 Å². The molecule has 5 nitrogen and oxygen atoms in total. The van der Waals surface area contributed by atoms with Gasteiger partial charge in [0.05, 0.1) is 5.25 Å². The maximum Gasteiger partial charge on any atom is 0.269 e.